The summed E-state index contributed by atoms with van der Waals surface area (Å²) in [6.45, 7) is 0. The first-order chi connectivity index (χ1) is 6.77. The largest absolute Gasteiger partial charge is 0.495 e. The molecule has 0 amide bonds. The standard InChI is InChI=1S/C10H7BrO3/c1-13-9-7(5-12)4-6-2-3-14-10(6)8(9)11/h2-5H,1H3. The van der Waals surface area contributed by atoms with E-state index in [2.05, 4.69) is 15.9 Å². The normalized spacial score (nSPS) is 10.4. The van der Waals surface area contributed by atoms with Crippen LogP contribution in [0.2, 0.25) is 0 Å². The van der Waals surface area contributed by atoms with Crippen molar-refractivity contribution in [3.8, 4) is 5.75 Å². The van der Waals surface area contributed by atoms with E-state index >= 15 is 0 Å². The molecule has 72 valence electrons. The van der Waals surface area contributed by atoms with Crippen molar-refractivity contribution in [2.75, 3.05) is 7.11 Å². The summed E-state index contributed by atoms with van der Waals surface area (Å²) in [5, 5.41) is 0.875. The molecule has 1 aromatic heterocycles. The molecule has 0 aliphatic heterocycles. The fraction of sp³-hybridized carbons (Fsp3) is 0.100. The average Bonchev–Trinajstić information content (AvgIpc) is 2.65. The van der Waals surface area contributed by atoms with Gasteiger partial charge in [-0.25, -0.2) is 0 Å². The molecule has 1 heterocycles. The second-order valence-corrected chi connectivity index (χ2v) is 3.56. The number of halogens is 1. The van der Waals surface area contributed by atoms with Crippen molar-refractivity contribution < 1.29 is 13.9 Å². The van der Waals surface area contributed by atoms with Gasteiger partial charge in [-0.3, -0.25) is 4.79 Å². The molecule has 2 rings (SSSR count). The Morgan fingerprint density at radius 3 is 3.00 bits per heavy atom. The summed E-state index contributed by atoms with van der Waals surface area (Å²) in [6.07, 6.45) is 2.33. The number of rotatable bonds is 2. The van der Waals surface area contributed by atoms with Crippen LogP contribution in [0.25, 0.3) is 11.0 Å². The lowest BCUT2D eigenvalue weighted by molar-refractivity contribution is 0.112. The number of carbonyl (C=O) groups is 1. The molecular formula is C10H7BrO3. The van der Waals surface area contributed by atoms with Gasteiger partial charge in [0.25, 0.3) is 0 Å². The second kappa shape index (κ2) is 3.46. The minimum absolute atomic E-state index is 0.502. The number of fused-ring (bicyclic) bond motifs is 1. The molecule has 0 atom stereocenters. The maximum absolute atomic E-state index is 10.8. The van der Waals surface area contributed by atoms with Crippen LogP contribution in [-0.4, -0.2) is 13.4 Å². The third-order valence-electron chi connectivity index (χ3n) is 2.00. The molecule has 4 heteroatoms. The maximum atomic E-state index is 10.8. The molecule has 0 radical (unpaired) electrons. The van der Waals surface area contributed by atoms with Crippen molar-refractivity contribution in [2.45, 2.75) is 0 Å². The summed E-state index contributed by atoms with van der Waals surface area (Å²) in [5.41, 5.74) is 1.20. The van der Waals surface area contributed by atoms with Gasteiger partial charge in [-0.2, -0.15) is 0 Å². The van der Waals surface area contributed by atoms with Crippen LogP contribution in [0.5, 0.6) is 5.75 Å². The van der Waals surface area contributed by atoms with Crippen molar-refractivity contribution in [3.63, 3.8) is 0 Å². The summed E-state index contributed by atoms with van der Waals surface area (Å²) < 4.78 is 11.0. The summed E-state index contributed by atoms with van der Waals surface area (Å²) in [6, 6.07) is 3.53. The highest BCUT2D eigenvalue weighted by Crippen LogP contribution is 2.36. The van der Waals surface area contributed by atoms with E-state index in [0.717, 1.165) is 11.7 Å². The van der Waals surface area contributed by atoms with Crippen LogP contribution in [0.3, 0.4) is 0 Å². The number of hydrogen-bond acceptors (Lipinski definition) is 3. The molecule has 0 aliphatic rings. The zero-order chi connectivity index (χ0) is 10.1. The Bertz CT molecular complexity index is 487. The molecule has 0 spiro atoms. The maximum Gasteiger partial charge on any atom is 0.153 e. The number of methoxy groups -OCH3 is 1. The van der Waals surface area contributed by atoms with E-state index in [9.17, 15) is 4.79 Å². The van der Waals surface area contributed by atoms with Gasteiger partial charge in [0, 0.05) is 5.39 Å². The van der Waals surface area contributed by atoms with E-state index in [1.54, 1.807) is 18.4 Å². The predicted octanol–water partition coefficient (Wildman–Crippen LogP) is 3.02. The molecule has 0 fully saturated rings. The van der Waals surface area contributed by atoms with E-state index in [1.165, 1.54) is 7.11 Å². The van der Waals surface area contributed by atoms with Crippen molar-refractivity contribution in [2.24, 2.45) is 0 Å². The molecule has 3 nitrogen and oxygen atoms in total. The Morgan fingerprint density at radius 1 is 1.57 bits per heavy atom. The first kappa shape index (κ1) is 9.27. The fourth-order valence-corrected chi connectivity index (χ4v) is 2.08. The molecule has 0 aliphatic carbocycles. The molecule has 1 aromatic carbocycles. The van der Waals surface area contributed by atoms with Gasteiger partial charge in [-0.15, -0.1) is 0 Å². The van der Waals surface area contributed by atoms with Gasteiger partial charge < -0.3 is 9.15 Å². The average molecular weight is 255 g/mol. The molecule has 0 saturated heterocycles. The van der Waals surface area contributed by atoms with Gasteiger partial charge in [0.15, 0.2) is 11.9 Å². The van der Waals surface area contributed by atoms with Gasteiger partial charge >= 0.3 is 0 Å². The lowest BCUT2D eigenvalue weighted by Crippen LogP contribution is -1.91. The Morgan fingerprint density at radius 2 is 2.36 bits per heavy atom. The first-order valence-corrected chi connectivity index (χ1v) is 4.76. The first-order valence-electron chi connectivity index (χ1n) is 3.96. The Hall–Kier alpha value is -1.29. The van der Waals surface area contributed by atoms with Crippen LogP contribution in [0.1, 0.15) is 10.4 Å². The lowest BCUT2D eigenvalue weighted by Gasteiger charge is -2.05. The van der Waals surface area contributed by atoms with Gasteiger partial charge in [-0.1, -0.05) is 0 Å². The monoisotopic (exact) mass is 254 g/mol. The Labute approximate surface area is 88.8 Å². The quantitative estimate of drug-likeness (QED) is 0.774. The van der Waals surface area contributed by atoms with E-state index in [0.29, 0.717) is 21.4 Å². The number of hydrogen-bond donors (Lipinski definition) is 0. The van der Waals surface area contributed by atoms with Crippen molar-refractivity contribution in [3.05, 3.63) is 28.4 Å². The van der Waals surface area contributed by atoms with Crippen molar-refractivity contribution in [1.29, 1.82) is 0 Å². The summed E-state index contributed by atoms with van der Waals surface area (Å²) in [5.74, 6) is 0.502. The van der Waals surface area contributed by atoms with Gasteiger partial charge in [0.05, 0.1) is 18.9 Å². The molecular weight excluding hydrogens is 248 g/mol. The van der Waals surface area contributed by atoms with Crippen LogP contribution >= 0.6 is 15.9 Å². The predicted molar refractivity (Wildman–Crippen MR) is 55.9 cm³/mol. The zero-order valence-electron chi connectivity index (χ0n) is 7.41. The fourth-order valence-electron chi connectivity index (χ4n) is 1.37. The highest BCUT2D eigenvalue weighted by Gasteiger charge is 2.13. The zero-order valence-corrected chi connectivity index (χ0v) is 9.00. The smallest absolute Gasteiger partial charge is 0.153 e. The van der Waals surface area contributed by atoms with Gasteiger partial charge in [-0.05, 0) is 28.1 Å². The molecule has 0 unspecified atom stereocenters. The number of carbonyl (C=O) groups excluding carboxylic acids is 1. The number of benzene rings is 1. The second-order valence-electron chi connectivity index (χ2n) is 2.77. The molecule has 0 N–H and O–H groups in total. The number of ether oxygens (including phenoxy) is 1. The van der Waals surface area contributed by atoms with Gasteiger partial charge in [0.2, 0.25) is 0 Å². The van der Waals surface area contributed by atoms with E-state index < -0.39 is 0 Å². The van der Waals surface area contributed by atoms with E-state index in [1.807, 2.05) is 0 Å². The third-order valence-corrected chi connectivity index (χ3v) is 2.72. The van der Waals surface area contributed by atoms with Crippen LogP contribution in [0.4, 0.5) is 0 Å². The van der Waals surface area contributed by atoms with Crippen LogP contribution in [-0.2, 0) is 0 Å². The van der Waals surface area contributed by atoms with Crippen molar-refractivity contribution >= 4 is 33.2 Å². The van der Waals surface area contributed by atoms with E-state index in [4.69, 9.17) is 9.15 Å². The lowest BCUT2D eigenvalue weighted by atomic mass is 10.1. The topological polar surface area (TPSA) is 39.4 Å². The minimum Gasteiger partial charge on any atom is -0.495 e. The summed E-state index contributed by atoms with van der Waals surface area (Å²) >= 11 is 3.34. The van der Waals surface area contributed by atoms with Crippen LogP contribution in [0.15, 0.2) is 27.3 Å². The van der Waals surface area contributed by atoms with Crippen molar-refractivity contribution in [1.82, 2.24) is 0 Å². The highest BCUT2D eigenvalue weighted by atomic mass is 79.9. The molecule has 2 aromatic rings. The third kappa shape index (κ3) is 1.23. The van der Waals surface area contributed by atoms with E-state index in [-0.39, 0.29) is 0 Å². The minimum atomic E-state index is 0.502. The molecule has 0 bridgehead atoms. The number of aldehydes is 1. The molecule has 0 saturated carbocycles. The Kier molecular flexibility index (Phi) is 2.29. The highest BCUT2D eigenvalue weighted by molar-refractivity contribution is 9.10. The van der Waals surface area contributed by atoms with Crippen LogP contribution in [0, 0.1) is 0 Å². The SMILES string of the molecule is COc1c(C=O)cc2ccoc2c1Br. The Balaban J connectivity index is 2.85. The summed E-state index contributed by atoms with van der Waals surface area (Å²) in [4.78, 5) is 10.8. The summed E-state index contributed by atoms with van der Waals surface area (Å²) in [7, 11) is 1.52. The van der Waals surface area contributed by atoms with Gasteiger partial charge in [0.1, 0.15) is 10.2 Å². The number of furan rings is 1. The molecule has 14 heavy (non-hydrogen) atoms. The van der Waals surface area contributed by atoms with Crippen LogP contribution < -0.4 is 4.74 Å².